The quantitative estimate of drug-likeness (QED) is 0.623. The fourth-order valence-electron chi connectivity index (χ4n) is 2.96. The zero-order valence-electron chi connectivity index (χ0n) is 14.9. The highest BCUT2D eigenvalue weighted by molar-refractivity contribution is 7.89. The van der Waals surface area contributed by atoms with E-state index in [1.165, 1.54) is 12.1 Å². The molecule has 2 aromatic rings. The molecule has 0 spiro atoms. The molecule has 0 saturated carbocycles. The first kappa shape index (κ1) is 19.0. The van der Waals surface area contributed by atoms with Crippen LogP contribution in [0.25, 0.3) is 0 Å². The van der Waals surface area contributed by atoms with E-state index in [2.05, 4.69) is 4.72 Å². The van der Waals surface area contributed by atoms with Crippen LogP contribution in [0.4, 0.5) is 11.4 Å². The van der Waals surface area contributed by atoms with Gasteiger partial charge in [0.1, 0.15) is 0 Å². The number of aryl methyl sites for hydroxylation is 2. The summed E-state index contributed by atoms with van der Waals surface area (Å²) in [4.78, 5) is 23.9. The molecule has 27 heavy (non-hydrogen) atoms. The maximum Gasteiger partial charge on any atom is 0.269 e. The lowest BCUT2D eigenvalue weighted by molar-refractivity contribution is -0.384. The molecule has 0 aliphatic carbocycles. The van der Waals surface area contributed by atoms with E-state index in [9.17, 15) is 23.3 Å². The lowest BCUT2D eigenvalue weighted by atomic mass is 10.1. The topological polar surface area (TPSA) is 110 Å². The van der Waals surface area contributed by atoms with Crippen molar-refractivity contribution in [2.45, 2.75) is 31.2 Å². The van der Waals surface area contributed by atoms with Crippen LogP contribution in [-0.2, 0) is 14.8 Å². The Morgan fingerprint density at radius 2 is 1.78 bits per heavy atom. The third kappa shape index (κ3) is 3.99. The second kappa shape index (κ2) is 7.09. The average Bonchev–Trinajstić information content (AvgIpc) is 2.97. The third-order valence-corrected chi connectivity index (χ3v) is 6.14. The highest BCUT2D eigenvalue weighted by Gasteiger charge is 2.33. The van der Waals surface area contributed by atoms with Gasteiger partial charge in [-0.2, -0.15) is 0 Å². The van der Waals surface area contributed by atoms with Gasteiger partial charge in [0.15, 0.2) is 0 Å². The van der Waals surface area contributed by atoms with E-state index in [1.54, 1.807) is 4.90 Å². The lowest BCUT2D eigenvalue weighted by Crippen LogP contribution is -2.37. The molecule has 2 aromatic carbocycles. The van der Waals surface area contributed by atoms with Crippen LogP contribution in [0.15, 0.2) is 47.4 Å². The summed E-state index contributed by atoms with van der Waals surface area (Å²) in [6.45, 7) is 4.16. The second-order valence-corrected chi connectivity index (χ2v) is 8.26. The molecule has 1 aliphatic rings. The molecule has 1 saturated heterocycles. The maximum atomic E-state index is 12.5. The van der Waals surface area contributed by atoms with E-state index in [0.29, 0.717) is 0 Å². The van der Waals surface area contributed by atoms with E-state index in [1.807, 2.05) is 32.0 Å². The lowest BCUT2D eigenvalue weighted by Gasteiger charge is -2.18. The van der Waals surface area contributed by atoms with Crippen LogP contribution in [-0.4, -0.2) is 31.8 Å². The summed E-state index contributed by atoms with van der Waals surface area (Å²) in [5.41, 5.74) is 2.71. The van der Waals surface area contributed by atoms with Crippen LogP contribution < -0.4 is 9.62 Å². The average molecular weight is 389 g/mol. The molecule has 1 amide bonds. The van der Waals surface area contributed by atoms with Crippen LogP contribution in [0.3, 0.4) is 0 Å². The molecule has 0 unspecified atom stereocenters. The first-order valence-corrected chi connectivity index (χ1v) is 9.80. The Labute approximate surface area is 157 Å². The fourth-order valence-corrected chi connectivity index (χ4v) is 4.19. The number of amides is 1. The van der Waals surface area contributed by atoms with Crippen molar-refractivity contribution < 1.29 is 18.1 Å². The number of nitrogens with zero attached hydrogens (tertiary/aromatic N) is 2. The Kier molecular flexibility index (Phi) is 4.99. The normalized spacial score (nSPS) is 17.3. The van der Waals surface area contributed by atoms with Crippen molar-refractivity contribution in [3.05, 3.63) is 63.7 Å². The Bertz CT molecular complexity index is 1000. The predicted molar refractivity (Wildman–Crippen MR) is 100 cm³/mol. The van der Waals surface area contributed by atoms with E-state index in [0.717, 1.165) is 28.9 Å². The maximum absolute atomic E-state index is 12.5. The molecule has 1 fully saturated rings. The fraction of sp³-hybridized carbons (Fsp3) is 0.278. The van der Waals surface area contributed by atoms with E-state index < -0.39 is 21.0 Å². The van der Waals surface area contributed by atoms with Gasteiger partial charge in [0.25, 0.3) is 5.69 Å². The molecule has 1 aliphatic heterocycles. The molecule has 1 heterocycles. The molecule has 0 radical (unpaired) electrons. The molecule has 1 atom stereocenters. The number of hydrogen-bond acceptors (Lipinski definition) is 5. The number of nitro groups is 1. The zero-order chi connectivity index (χ0) is 19.8. The molecule has 8 nitrogen and oxygen atoms in total. The van der Waals surface area contributed by atoms with Gasteiger partial charge in [0.05, 0.1) is 9.82 Å². The van der Waals surface area contributed by atoms with Gasteiger partial charge in [0, 0.05) is 36.8 Å². The first-order valence-electron chi connectivity index (χ1n) is 8.32. The number of benzene rings is 2. The Morgan fingerprint density at radius 3 is 2.37 bits per heavy atom. The van der Waals surface area contributed by atoms with Gasteiger partial charge in [0.2, 0.25) is 15.9 Å². The first-order chi connectivity index (χ1) is 12.7. The minimum absolute atomic E-state index is 0.0547. The zero-order valence-corrected chi connectivity index (χ0v) is 15.7. The highest BCUT2D eigenvalue weighted by atomic mass is 32.2. The minimum atomic E-state index is -3.88. The number of carbonyl (C=O) groups is 1. The third-order valence-electron chi connectivity index (χ3n) is 4.61. The van der Waals surface area contributed by atoms with Gasteiger partial charge < -0.3 is 4.90 Å². The van der Waals surface area contributed by atoms with Crippen molar-refractivity contribution in [1.29, 1.82) is 0 Å². The number of rotatable bonds is 5. The molecular formula is C18H19N3O5S. The number of nitro benzene ring substituents is 1. The number of carbonyl (C=O) groups excluding carboxylic acids is 1. The van der Waals surface area contributed by atoms with Crippen molar-refractivity contribution in [3.8, 4) is 0 Å². The largest absolute Gasteiger partial charge is 0.311 e. The molecular weight excluding hydrogens is 370 g/mol. The van der Waals surface area contributed by atoms with Crippen molar-refractivity contribution in [2.24, 2.45) is 0 Å². The second-order valence-electron chi connectivity index (χ2n) is 6.55. The number of non-ortho nitro benzene ring substituents is 1. The minimum Gasteiger partial charge on any atom is -0.311 e. The summed E-state index contributed by atoms with van der Waals surface area (Å²) >= 11 is 0. The highest BCUT2D eigenvalue weighted by Crippen LogP contribution is 2.25. The molecule has 9 heteroatoms. The molecule has 0 aromatic heterocycles. The summed E-state index contributed by atoms with van der Waals surface area (Å²) in [5.74, 6) is -0.158. The SMILES string of the molecule is Cc1ccc(N2C[C@@H](NS(=O)(=O)c3ccc([N+](=O)[O-])cc3)CC2=O)cc1C. The summed E-state index contributed by atoms with van der Waals surface area (Å²) in [6.07, 6.45) is 0.0547. The molecule has 3 rings (SSSR count). The molecule has 142 valence electrons. The Hall–Kier alpha value is -2.78. The Balaban J connectivity index is 1.75. The van der Waals surface area contributed by atoms with Crippen LogP contribution >= 0.6 is 0 Å². The van der Waals surface area contributed by atoms with Gasteiger partial charge in [-0.1, -0.05) is 6.07 Å². The van der Waals surface area contributed by atoms with Gasteiger partial charge >= 0.3 is 0 Å². The van der Waals surface area contributed by atoms with Crippen LogP contribution in [0, 0.1) is 24.0 Å². The van der Waals surface area contributed by atoms with Gasteiger partial charge in [-0.25, -0.2) is 13.1 Å². The van der Waals surface area contributed by atoms with Crippen LogP contribution in [0.5, 0.6) is 0 Å². The van der Waals surface area contributed by atoms with Crippen LogP contribution in [0.2, 0.25) is 0 Å². The van der Waals surface area contributed by atoms with Crippen LogP contribution in [0.1, 0.15) is 17.5 Å². The van der Waals surface area contributed by atoms with Crippen molar-refractivity contribution in [3.63, 3.8) is 0 Å². The summed E-state index contributed by atoms with van der Waals surface area (Å²) < 4.78 is 27.5. The summed E-state index contributed by atoms with van der Waals surface area (Å²) in [7, 11) is -3.88. The van der Waals surface area contributed by atoms with E-state index >= 15 is 0 Å². The number of nitrogens with one attached hydrogen (secondary N) is 1. The predicted octanol–water partition coefficient (Wildman–Crippen LogP) is 2.30. The van der Waals surface area contributed by atoms with Crippen molar-refractivity contribution >= 4 is 27.3 Å². The van der Waals surface area contributed by atoms with Crippen molar-refractivity contribution in [1.82, 2.24) is 4.72 Å². The monoisotopic (exact) mass is 389 g/mol. The van der Waals surface area contributed by atoms with E-state index in [4.69, 9.17) is 0 Å². The van der Waals surface area contributed by atoms with Gasteiger partial charge in [-0.3, -0.25) is 14.9 Å². The Morgan fingerprint density at radius 1 is 1.11 bits per heavy atom. The van der Waals surface area contributed by atoms with E-state index in [-0.39, 0.29) is 29.5 Å². The summed E-state index contributed by atoms with van der Waals surface area (Å²) in [6, 6.07) is 9.72. The van der Waals surface area contributed by atoms with Gasteiger partial charge in [-0.15, -0.1) is 0 Å². The van der Waals surface area contributed by atoms with Crippen molar-refractivity contribution in [2.75, 3.05) is 11.4 Å². The summed E-state index contributed by atoms with van der Waals surface area (Å²) in [5, 5.41) is 10.7. The number of hydrogen-bond donors (Lipinski definition) is 1. The number of anilines is 1. The molecule has 1 N–H and O–H groups in total. The van der Waals surface area contributed by atoms with Gasteiger partial charge in [-0.05, 0) is 49.2 Å². The smallest absolute Gasteiger partial charge is 0.269 e. The standard InChI is InChI=1S/C18H19N3O5S/c1-12-3-4-16(9-13(12)2)20-11-14(10-18(20)22)19-27(25,26)17-7-5-15(6-8-17)21(23)24/h3-9,14,19H,10-11H2,1-2H3/t14-/m0/s1. The molecule has 0 bridgehead atoms. The number of sulfonamides is 1.